The molecule has 0 aromatic heterocycles. The largest absolute Gasteiger partial charge is 0.469 e. The minimum Gasteiger partial charge on any atom is -0.469 e. The number of nitrogens with zero attached hydrogens (tertiary/aromatic N) is 1. The fourth-order valence-corrected chi connectivity index (χ4v) is 3.18. The van der Waals surface area contributed by atoms with E-state index in [2.05, 4.69) is 4.74 Å². The third kappa shape index (κ3) is 3.75. The number of fused-ring (bicyclic) bond motifs is 1. The van der Waals surface area contributed by atoms with Crippen LogP contribution < -0.4 is 0 Å². The maximum Gasteiger partial charge on any atom is 0.390 e. The Morgan fingerprint density at radius 2 is 2.12 bits per heavy atom. The molecule has 0 radical (unpaired) electrons. The molecule has 1 atom stereocenters. The molecule has 1 aliphatic carbocycles. The first kappa shape index (κ1) is 18.0. The van der Waals surface area contributed by atoms with Crippen molar-refractivity contribution in [3.8, 4) is 6.07 Å². The number of rotatable bonds is 4. The van der Waals surface area contributed by atoms with Gasteiger partial charge in [0.25, 0.3) is 0 Å². The van der Waals surface area contributed by atoms with E-state index in [0.717, 1.165) is 7.11 Å². The number of methoxy groups -OCH3 is 1. The molecule has 2 rings (SSSR count). The summed E-state index contributed by atoms with van der Waals surface area (Å²) >= 11 is 0. The second-order valence-corrected chi connectivity index (χ2v) is 5.98. The Morgan fingerprint density at radius 1 is 1.42 bits per heavy atom. The average Bonchev–Trinajstić information content (AvgIpc) is 2.50. The number of carbonyl (C=O) groups is 2. The molecular weight excluding hydrogens is 323 g/mol. The van der Waals surface area contributed by atoms with E-state index in [9.17, 15) is 22.8 Å². The number of hydrogen-bond acceptors (Lipinski definition) is 4. The van der Waals surface area contributed by atoms with E-state index in [4.69, 9.17) is 5.26 Å². The van der Waals surface area contributed by atoms with Gasteiger partial charge in [0.15, 0.2) is 5.78 Å². The normalized spacial score (nSPS) is 20.2. The zero-order valence-corrected chi connectivity index (χ0v) is 13.1. The standard InChI is InChI=1S/C17H16F3NO3/c1-24-14(22)9-16(10-17(18,19)20)6-4-12-8-11(5-7-21)2-3-13(12)15(16)23/h2-3,8H,4-6,9-10H2,1H3. The van der Waals surface area contributed by atoms with Crippen LogP contribution in [0, 0.1) is 16.7 Å². The van der Waals surface area contributed by atoms with Crippen LogP contribution in [0.5, 0.6) is 0 Å². The number of Topliss-reactive ketones (excluding diaryl/α,β-unsaturated/α-hetero) is 1. The summed E-state index contributed by atoms with van der Waals surface area (Å²) in [5.74, 6) is -1.52. The predicted molar refractivity (Wildman–Crippen MR) is 78.1 cm³/mol. The number of benzene rings is 1. The number of aryl methyl sites for hydroxylation is 1. The Bertz CT molecular complexity index is 706. The van der Waals surface area contributed by atoms with Gasteiger partial charge in [-0.05, 0) is 24.0 Å². The molecule has 0 aliphatic heterocycles. The van der Waals surface area contributed by atoms with Gasteiger partial charge >= 0.3 is 12.1 Å². The van der Waals surface area contributed by atoms with E-state index in [-0.39, 0.29) is 24.8 Å². The molecule has 24 heavy (non-hydrogen) atoms. The Labute approximate surface area is 137 Å². The van der Waals surface area contributed by atoms with Crippen LogP contribution in [-0.2, 0) is 22.4 Å². The molecule has 1 aliphatic rings. The van der Waals surface area contributed by atoms with Crippen LogP contribution in [0.25, 0.3) is 0 Å². The molecule has 0 fully saturated rings. The van der Waals surface area contributed by atoms with Crippen molar-refractivity contribution in [3.63, 3.8) is 0 Å². The van der Waals surface area contributed by atoms with Crippen LogP contribution in [0.2, 0.25) is 0 Å². The molecule has 0 heterocycles. The van der Waals surface area contributed by atoms with Gasteiger partial charge in [0.2, 0.25) is 0 Å². The number of ether oxygens (including phenoxy) is 1. The highest BCUT2D eigenvalue weighted by atomic mass is 19.4. The third-order valence-electron chi connectivity index (χ3n) is 4.30. The smallest absolute Gasteiger partial charge is 0.390 e. The van der Waals surface area contributed by atoms with E-state index in [1.165, 1.54) is 6.07 Å². The Balaban J connectivity index is 2.42. The topological polar surface area (TPSA) is 67.2 Å². The summed E-state index contributed by atoms with van der Waals surface area (Å²) in [7, 11) is 1.08. The number of halogens is 3. The average molecular weight is 339 g/mol. The van der Waals surface area contributed by atoms with Gasteiger partial charge in [-0.2, -0.15) is 18.4 Å². The number of alkyl halides is 3. The molecule has 4 nitrogen and oxygen atoms in total. The summed E-state index contributed by atoms with van der Waals surface area (Å²) in [5, 5.41) is 8.72. The molecule has 0 saturated carbocycles. The van der Waals surface area contributed by atoms with Crippen molar-refractivity contribution >= 4 is 11.8 Å². The van der Waals surface area contributed by atoms with Gasteiger partial charge in [-0.3, -0.25) is 9.59 Å². The Hall–Kier alpha value is -2.36. The van der Waals surface area contributed by atoms with Gasteiger partial charge in [-0.1, -0.05) is 18.2 Å². The molecule has 0 N–H and O–H groups in total. The minimum absolute atomic E-state index is 0.0799. The Kier molecular flexibility index (Phi) is 4.97. The van der Waals surface area contributed by atoms with E-state index in [1.54, 1.807) is 12.1 Å². The lowest BCUT2D eigenvalue weighted by molar-refractivity contribution is -0.161. The summed E-state index contributed by atoms with van der Waals surface area (Å²) in [6.07, 6.45) is -6.19. The number of carbonyl (C=O) groups excluding carboxylic acids is 2. The summed E-state index contributed by atoms with van der Waals surface area (Å²) in [6, 6.07) is 6.67. The molecule has 128 valence electrons. The lowest BCUT2D eigenvalue weighted by atomic mass is 9.66. The van der Waals surface area contributed by atoms with Crippen molar-refractivity contribution in [1.82, 2.24) is 0 Å². The molecule has 0 saturated heterocycles. The zero-order valence-electron chi connectivity index (χ0n) is 13.1. The minimum atomic E-state index is -4.57. The van der Waals surface area contributed by atoms with Crippen LogP contribution in [0.3, 0.4) is 0 Å². The Morgan fingerprint density at radius 3 is 2.71 bits per heavy atom. The van der Waals surface area contributed by atoms with Gasteiger partial charge in [0.1, 0.15) is 0 Å². The van der Waals surface area contributed by atoms with E-state index in [0.29, 0.717) is 11.1 Å². The van der Waals surface area contributed by atoms with Crippen molar-refractivity contribution in [1.29, 1.82) is 5.26 Å². The van der Waals surface area contributed by atoms with Crippen LogP contribution in [0.4, 0.5) is 13.2 Å². The van der Waals surface area contributed by atoms with Crippen LogP contribution in [0.15, 0.2) is 18.2 Å². The monoisotopic (exact) mass is 339 g/mol. The van der Waals surface area contributed by atoms with Gasteiger partial charge in [0.05, 0.1) is 37.9 Å². The number of hydrogen-bond donors (Lipinski definition) is 0. The van der Waals surface area contributed by atoms with Crippen molar-refractivity contribution in [2.45, 2.75) is 38.3 Å². The highest BCUT2D eigenvalue weighted by molar-refractivity contribution is 6.04. The van der Waals surface area contributed by atoms with Gasteiger partial charge < -0.3 is 4.74 Å². The number of nitriles is 1. The molecule has 1 unspecified atom stereocenters. The zero-order chi connectivity index (χ0) is 18.0. The molecule has 1 aromatic rings. The SMILES string of the molecule is COC(=O)CC1(CC(F)(F)F)CCc2cc(CC#N)ccc2C1=O. The van der Waals surface area contributed by atoms with Crippen LogP contribution in [0.1, 0.15) is 40.7 Å². The highest BCUT2D eigenvalue weighted by Gasteiger charge is 2.51. The van der Waals surface area contributed by atoms with E-state index >= 15 is 0 Å². The first-order valence-electron chi connectivity index (χ1n) is 7.38. The maximum atomic E-state index is 13.0. The number of esters is 1. The van der Waals surface area contributed by atoms with Crippen LogP contribution >= 0.6 is 0 Å². The van der Waals surface area contributed by atoms with Crippen molar-refractivity contribution < 1.29 is 27.5 Å². The lowest BCUT2D eigenvalue weighted by Crippen LogP contribution is -2.41. The fraction of sp³-hybridized carbons (Fsp3) is 0.471. The summed E-state index contributed by atoms with van der Waals surface area (Å²) in [6.45, 7) is 0. The summed E-state index contributed by atoms with van der Waals surface area (Å²) in [4.78, 5) is 24.4. The fourth-order valence-electron chi connectivity index (χ4n) is 3.18. The summed E-state index contributed by atoms with van der Waals surface area (Å²) < 4.78 is 43.5. The van der Waals surface area contributed by atoms with Gasteiger partial charge in [0, 0.05) is 5.56 Å². The highest BCUT2D eigenvalue weighted by Crippen LogP contribution is 2.46. The summed E-state index contributed by atoms with van der Waals surface area (Å²) in [5.41, 5.74) is -0.304. The van der Waals surface area contributed by atoms with Gasteiger partial charge in [-0.15, -0.1) is 0 Å². The molecule has 1 aromatic carbocycles. The molecule has 0 spiro atoms. The molecule has 0 amide bonds. The third-order valence-corrected chi connectivity index (χ3v) is 4.30. The predicted octanol–water partition coefficient (Wildman–Crippen LogP) is 3.38. The van der Waals surface area contributed by atoms with Crippen molar-refractivity contribution in [3.05, 3.63) is 34.9 Å². The first-order valence-corrected chi connectivity index (χ1v) is 7.38. The number of ketones is 1. The lowest BCUT2D eigenvalue weighted by Gasteiger charge is -2.36. The molecular formula is C17H16F3NO3. The quantitative estimate of drug-likeness (QED) is 0.789. The first-order chi connectivity index (χ1) is 11.2. The van der Waals surface area contributed by atoms with E-state index in [1.807, 2.05) is 6.07 Å². The van der Waals surface area contributed by atoms with Crippen molar-refractivity contribution in [2.24, 2.45) is 5.41 Å². The maximum absolute atomic E-state index is 13.0. The second kappa shape index (κ2) is 6.63. The molecule has 7 heteroatoms. The second-order valence-electron chi connectivity index (χ2n) is 5.98. The molecule has 0 bridgehead atoms. The van der Waals surface area contributed by atoms with Gasteiger partial charge in [-0.25, -0.2) is 0 Å². The van der Waals surface area contributed by atoms with E-state index < -0.39 is 36.2 Å². The van der Waals surface area contributed by atoms with Crippen molar-refractivity contribution in [2.75, 3.05) is 7.11 Å². The van der Waals surface area contributed by atoms with Crippen LogP contribution in [-0.4, -0.2) is 25.0 Å².